The Morgan fingerprint density at radius 3 is 2.50 bits per heavy atom. The van der Waals surface area contributed by atoms with Crippen molar-refractivity contribution in [2.45, 2.75) is 6.92 Å². The van der Waals surface area contributed by atoms with Crippen LogP contribution in [0.4, 0.5) is 0 Å². The summed E-state index contributed by atoms with van der Waals surface area (Å²) in [5, 5.41) is 3.57. The normalized spacial score (nSPS) is 18.4. The van der Waals surface area contributed by atoms with E-state index in [2.05, 4.69) is 22.7 Å². The minimum Gasteiger partial charge on any atom is -0.266 e. The van der Waals surface area contributed by atoms with Gasteiger partial charge in [0.05, 0.1) is 5.71 Å². The summed E-state index contributed by atoms with van der Waals surface area (Å²) in [6.45, 7) is 1.69. The fourth-order valence-corrected chi connectivity index (χ4v) is 0.492. The van der Waals surface area contributed by atoms with E-state index < -0.39 is 0 Å². The van der Waals surface area contributed by atoms with Crippen LogP contribution in [0.2, 0.25) is 0 Å². The standard InChI is InChI=1S/C4H4N2OS/c1-2-3(8)4(7)6-5-2/h1H3,(H,6,7,8). The van der Waals surface area contributed by atoms with E-state index in [0.29, 0.717) is 10.6 Å². The summed E-state index contributed by atoms with van der Waals surface area (Å²) in [7, 11) is 0. The summed E-state index contributed by atoms with van der Waals surface area (Å²) in [5.74, 6) is -0.266. The van der Waals surface area contributed by atoms with Gasteiger partial charge in [0.25, 0.3) is 5.91 Å². The van der Waals surface area contributed by atoms with Gasteiger partial charge < -0.3 is 0 Å². The van der Waals surface area contributed by atoms with Crippen LogP contribution in [-0.4, -0.2) is 16.5 Å². The Balaban J connectivity index is 2.89. The van der Waals surface area contributed by atoms with Crippen molar-refractivity contribution in [3.8, 4) is 0 Å². The predicted molar refractivity (Wildman–Crippen MR) is 33.8 cm³/mol. The van der Waals surface area contributed by atoms with Gasteiger partial charge in [-0.3, -0.25) is 4.79 Å². The maximum Gasteiger partial charge on any atom is 0.284 e. The number of hydrogen-bond donors (Lipinski definition) is 1. The van der Waals surface area contributed by atoms with E-state index in [-0.39, 0.29) is 5.91 Å². The van der Waals surface area contributed by atoms with Gasteiger partial charge in [0.1, 0.15) is 4.86 Å². The molecule has 4 heteroatoms. The molecule has 0 saturated heterocycles. The largest absolute Gasteiger partial charge is 0.284 e. The maximum absolute atomic E-state index is 10.4. The van der Waals surface area contributed by atoms with Crippen LogP contribution in [0.15, 0.2) is 5.10 Å². The topological polar surface area (TPSA) is 41.5 Å². The number of rotatable bonds is 0. The second-order valence-corrected chi connectivity index (χ2v) is 1.88. The van der Waals surface area contributed by atoms with Gasteiger partial charge in [0.2, 0.25) is 0 Å². The number of thiocarbonyl (C=S) groups is 1. The number of amides is 1. The average Bonchev–Trinajstić information content (AvgIpc) is 1.98. The van der Waals surface area contributed by atoms with Gasteiger partial charge in [-0.05, 0) is 6.92 Å². The molecule has 0 aliphatic carbocycles. The molecule has 1 heterocycles. The van der Waals surface area contributed by atoms with Crippen molar-refractivity contribution >= 4 is 28.7 Å². The summed E-state index contributed by atoms with van der Waals surface area (Å²) in [5.41, 5.74) is 2.83. The fraction of sp³-hybridized carbons (Fsp3) is 0.250. The Bertz CT molecular complexity index is 184. The molecule has 1 amide bonds. The number of nitrogens with zero attached hydrogens (tertiary/aromatic N) is 1. The number of hydrazone groups is 1. The van der Waals surface area contributed by atoms with Crippen molar-refractivity contribution in [3.05, 3.63) is 0 Å². The second-order valence-electron chi connectivity index (χ2n) is 1.47. The SMILES string of the molecule is CC1=NNC(=O)C1=S. The highest BCUT2D eigenvalue weighted by atomic mass is 32.1. The Kier molecular flexibility index (Phi) is 1.09. The van der Waals surface area contributed by atoms with Gasteiger partial charge in [0, 0.05) is 0 Å². The minimum absolute atomic E-state index is 0.266. The molecule has 1 N–H and O–H groups in total. The molecule has 0 fully saturated rings. The number of nitrogens with one attached hydrogen (secondary N) is 1. The fourth-order valence-electron chi connectivity index (χ4n) is 0.400. The van der Waals surface area contributed by atoms with Crippen molar-refractivity contribution in [1.82, 2.24) is 5.43 Å². The molecule has 1 rings (SSSR count). The van der Waals surface area contributed by atoms with Crippen LogP contribution in [0.3, 0.4) is 0 Å². The molecule has 0 radical (unpaired) electrons. The van der Waals surface area contributed by atoms with Crippen LogP contribution < -0.4 is 5.43 Å². The van der Waals surface area contributed by atoms with Crippen molar-refractivity contribution in [2.75, 3.05) is 0 Å². The zero-order valence-corrected chi connectivity index (χ0v) is 5.08. The Morgan fingerprint density at radius 2 is 2.38 bits per heavy atom. The van der Waals surface area contributed by atoms with Gasteiger partial charge in [-0.2, -0.15) is 5.10 Å². The molecule has 0 aromatic rings. The lowest BCUT2D eigenvalue weighted by atomic mass is 10.3. The molecule has 0 atom stereocenters. The Hall–Kier alpha value is -0.770. The smallest absolute Gasteiger partial charge is 0.266 e. The third-order valence-electron chi connectivity index (χ3n) is 0.860. The first-order valence-electron chi connectivity index (χ1n) is 2.11. The van der Waals surface area contributed by atoms with Crippen molar-refractivity contribution < 1.29 is 4.79 Å². The third kappa shape index (κ3) is 0.626. The van der Waals surface area contributed by atoms with E-state index in [4.69, 9.17) is 0 Å². The zero-order valence-electron chi connectivity index (χ0n) is 4.26. The molecule has 8 heavy (non-hydrogen) atoms. The lowest BCUT2D eigenvalue weighted by molar-refractivity contribution is -0.114. The molecule has 3 nitrogen and oxygen atoms in total. The third-order valence-corrected chi connectivity index (χ3v) is 1.34. The molecule has 0 spiro atoms. The van der Waals surface area contributed by atoms with E-state index in [0.717, 1.165) is 0 Å². The molecule has 0 bridgehead atoms. The Morgan fingerprint density at radius 1 is 1.75 bits per heavy atom. The van der Waals surface area contributed by atoms with Gasteiger partial charge in [-0.1, -0.05) is 12.2 Å². The van der Waals surface area contributed by atoms with Crippen LogP contribution >= 0.6 is 12.2 Å². The second kappa shape index (κ2) is 1.63. The van der Waals surface area contributed by atoms with Crippen LogP contribution in [0, 0.1) is 0 Å². The summed E-state index contributed by atoms with van der Waals surface area (Å²) < 4.78 is 0. The van der Waals surface area contributed by atoms with Crippen LogP contribution in [0.1, 0.15) is 6.92 Å². The van der Waals surface area contributed by atoms with Gasteiger partial charge in [-0.25, -0.2) is 5.43 Å². The molecule has 1 aliphatic rings. The van der Waals surface area contributed by atoms with E-state index >= 15 is 0 Å². The molecule has 0 aromatic carbocycles. The molecule has 0 aromatic heterocycles. The molecule has 1 aliphatic heterocycles. The number of carbonyl (C=O) groups is 1. The highest BCUT2D eigenvalue weighted by Crippen LogP contribution is 1.90. The summed E-state index contributed by atoms with van der Waals surface area (Å²) in [6.07, 6.45) is 0. The molecule has 0 unspecified atom stereocenters. The van der Waals surface area contributed by atoms with E-state index in [1.807, 2.05) is 0 Å². The molecular weight excluding hydrogens is 124 g/mol. The monoisotopic (exact) mass is 128 g/mol. The molecular formula is C4H4N2OS. The highest BCUT2D eigenvalue weighted by Gasteiger charge is 2.17. The van der Waals surface area contributed by atoms with Crippen LogP contribution in [0.25, 0.3) is 0 Å². The molecule has 0 saturated carbocycles. The van der Waals surface area contributed by atoms with Crippen molar-refractivity contribution in [2.24, 2.45) is 5.10 Å². The average molecular weight is 128 g/mol. The first-order valence-corrected chi connectivity index (χ1v) is 2.51. The lowest BCUT2D eigenvalue weighted by Crippen LogP contribution is -2.19. The van der Waals surface area contributed by atoms with Gasteiger partial charge in [0.15, 0.2) is 0 Å². The van der Waals surface area contributed by atoms with Gasteiger partial charge in [-0.15, -0.1) is 0 Å². The zero-order chi connectivity index (χ0) is 6.15. The first kappa shape index (κ1) is 5.37. The highest BCUT2D eigenvalue weighted by molar-refractivity contribution is 7.84. The van der Waals surface area contributed by atoms with Crippen LogP contribution in [0.5, 0.6) is 0 Å². The summed E-state index contributed by atoms with van der Waals surface area (Å²) in [6, 6.07) is 0. The quantitative estimate of drug-likeness (QED) is 0.461. The van der Waals surface area contributed by atoms with Gasteiger partial charge >= 0.3 is 0 Å². The van der Waals surface area contributed by atoms with Crippen LogP contribution in [-0.2, 0) is 4.79 Å². The van der Waals surface area contributed by atoms with Crippen molar-refractivity contribution in [1.29, 1.82) is 0 Å². The van der Waals surface area contributed by atoms with E-state index in [9.17, 15) is 4.79 Å². The number of carbonyl (C=O) groups excluding carboxylic acids is 1. The first-order chi connectivity index (χ1) is 3.72. The predicted octanol–water partition coefficient (Wildman–Crippen LogP) is -0.138. The maximum atomic E-state index is 10.4. The van der Waals surface area contributed by atoms with E-state index in [1.54, 1.807) is 6.92 Å². The summed E-state index contributed by atoms with van der Waals surface area (Å²) in [4.78, 5) is 10.7. The summed E-state index contributed by atoms with van der Waals surface area (Å²) >= 11 is 4.62. The number of hydrogen-bond acceptors (Lipinski definition) is 3. The minimum atomic E-state index is -0.266. The Labute approximate surface area is 51.8 Å². The lowest BCUT2D eigenvalue weighted by Gasteiger charge is -1.81. The van der Waals surface area contributed by atoms with E-state index in [1.165, 1.54) is 0 Å². The van der Waals surface area contributed by atoms with Crippen molar-refractivity contribution in [3.63, 3.8) is 0 Å². The molecule has 42 valence electrons.